The highest BCUT2D eigenvalue weighted by atomic mass is 19.1. The molecule has 1 fully saturated rings. The Kier molecular flexibility index (Phi) is 6.00. The van der Waals surface area contributed by atoms with Gasteiger partial charge in [0.05, 0.1) is 12.1 Å². The molecule has 1 aliphatic heterocycles. The van der Waals surface area contributed by atoms with Crippen LogP contribution < -0.4 is 5.56 Å². The molecule has 1 saturated heterocycles. The number of nitrogens with zero attached hydrogens (tertiary/aromatic N) is 5. The van der Waals surface area contributed by atoms with Crippen LogP contribution in [0.25, 0.3) is 10.9 Å². The summed E-state index contributed by atoms with van der Waals surface area (Å²) in [5, 5.41) is 13.6. The van der Waals surface area contributed by atoms with Gasteiger partial charge in [-0.25, -0.2) is 9.07 Å². The van der Waals surface area contributed by atoms with Crippen LogP contribution in [0, 0.1) is 25.6 Å². The van der Waals surface area contributed by atoms with Crippen LogP contribution in [0.2, 0.25) is 0 Å². The molecule has 1 aliphatic rings. The summed E-state index contributed by atoms with van der Waals surface area (Å²) in [5.41, 5.74) is 4.42. The maximum absolute atomic E-state index is 13.5. The summed E-state index contributed by atoms with van der Waals surface area (Å²) in [4.78, 5) is 18.9. The molecule has 3 heterocycles. The summed E-state index contributed by atoms with van der Waals surface area (Å²) < 4.78 is 15.1. The second-order valence-corrected chi connectivity index (χ2v) is 9.51. The number of nitrogens with one attached hydrogen (secondary N) is 1. The van der Waals surface area contributed by atoms with E-state index in [1.807, 2.05) is 19.1 Å². The van der Waals surface area contributed by atoms with Gasteiger partial charge in [0.15, 0.2) is 5.82 Å². The first kappa shape index (κ1) is 22.4. The molecule has 0 radical (unpaired) electrons. The van der Waals surface area contributed by atoms with Gasteiger partial charge in [-0.05, 0) is 84.5 Å². The molecule has 0 aliphatic carbocycles. The fourth-order valence-corrected chi connectivity index (χ4v) is 5.04. The number of likely N-dealkylation sites (tertiary alicyclic amines) is 1. The lowest BCUT2D eigenvalue weighted by atomic mass is 9.95. The SMILES string of the molecule is Cc1ccc(C)c2[nH]c(=O)c([C@@H](c3nnnn3Cc3ccc(F)cc3)N3CCC[C@H](C)C3)cc12. The van der Waals surface area contributed by atoms with Gasteiger partial charge in [0.1, 0.15) is 11.9 Å². The van der Waals surface area contributed by atoms with Gasteiger partial charge in [-0.2, -0.15) is 0 Å². The summed E-state index contributed by atoms with van der Waals surface area (Å²) in [6.45, 7) is 8.42. The van der Waals surface area contributed by atoms with E-state index >= 15 is 0 Å². The Labute approximate surface area is 197 Å². The molecule has 2 aromatic heterocycles. The predicted molar refractivity (Wildman–Crippen MR) is 129 cm³/mol. The minimum absolute atomic E-state index is 0.124. The zero-order valence-electron chi connectivity index (χ0n) is 19.8. The topological polar surface area (TPSA) is 79.7 Å². The van der Waals surface area contributed by atoms with Crippen LogP contribution in [0.1, 0.15) is 53.9 Å². The molecule has 7 nitrogen and oxygen atoms in total. The second kappa shape index (κ2) is 9.10. The molecule has 2 atom stereocenters. The summed E-state index contributed by atoms with van der Waals surface area (Å²) in [6, 6.07) is 12.1. The van der Waals surface area contributed by atoms with E-state index < -0.39 is 0 Å². The monoisotopic (exact) mass is 460 g/mol. The highest BCUT2D eigenvalue weighted by Gasteiger charge is 2.33. The molecule has 176 valence electrons. The van der Waals surface area contributed by atoms with Crippen molar-refractivity contribution in [1.29, 1.82) is 0 Å². The van der Waals surface area contributed by atoms with E-state index in [2.05, 4.69) is 45.3 Å². The maximum atomic E-state index is 13.5. The van der Waals surface area contributed by atoms with Crippen LogP contribution in [0.15, 0.2) is 47.3 Å². The first-order chi connectivity index (χ1) is 16.4. The Hall–Kier alpha value is -3.39. The quantitative estimate of drug-likeness (QED) is 0.484. The normalized spacial score (nSPS) is 17.8. The average Bonchev–Trinajstić information content (AvgIpc) is 3.26. The number of aromatic amines is 1. The van der Waals surface area contributed by atoms with Crippen molar-refractivity contribution >= 4 is 10.9 Å². The van der Waals surface area contributed by atoms with Crippen molar-refractivity contribution in [3.63, 3.8) is 0 Å². The first-order valence-electron chi connectivity index (χ1n) is 11.8. The van der Waals surface area contributed by atoms with Crippen molar-refractivity contribution in [2.45, 2.75) is 46.2 Å². The Morgan fingerprint density at radius 2 is 1.91 bits per heavy atom. The number of tetrazole rings is 1. The molecule has 1 N–H and O–H groups in total. The summed E-state index contributed by atoms with van der Waals surface area (Å²) in [6.07, 6.45) is 2.22. The molecule has 5 rings (SSSR count). The molecule has 0 bridgehead atoms. The fraction of sp³-hybridized carbons (Fsp3) is 0.385. The molecular formula is C26H29FN6O. The summed E-state index contributed by atoms with van der Waals surface area (Å²) in [5.74, 6) is 0.851. The van der Waals surface area contributed by atoms with E-state index in [1.165, 1.54) is 12.1 Å². The number of hydrogen-bond donors (Lipinski definition) is 1. The van der Waals surface area contributed by atoms with Gasteiger partial charge in [-0.15, -0.1) is 5.10 Å². The lowest BCUT2D eigenvalue weighted by molar-refractivity contribution is 0.141. The maximum Gasteiger partial charge on any atom is 0.253 e. The molecule has 0 spiro atoms. The standard InChI is InChI=1S/C26H29FN6O/c1-16-5-4-12-32(14-16)24(22-13-21-17(2)6-7-18(3)23(21)28-26(22)34)25-29-30-31-33(25)15-19-8-10-20(27)11-9-19/h6-11,13,16,24H,4-5,12,14-15H2,1-3H3,(H,28,34)/t16-,24-/m0/s1. The van der Waals surface area contributed by atoms with Crippen LogP contribution in [0.4, 0.5) is 4.39 Å². The van der Waals surface area contributed by atoms with Crippen LogP contribution in [0.3, 0.4) is 0 Å². The van der Waals surface area contributed by atoms with E-state index in [9.17, 15) is 9.18 Å². The predicted octanol–water partition coefficient (Wildman–Crippen LogP) is 4.14. The Morgan fingerprint density at radius 1 is 1.15 bits per heavy atom. The molecular weight excluding hydrogens is 431 g/mol. The number of fused-ring (bicyclic) bond motifs is 1. The number of aryl methyl sites for hydroxylation is 2. The van der Waals surface area contributed by atoms with E-state index in [0.29, 0.717) is 23.9 Å². The van der Waals surface area contributed by atoms with Crippen molar-refractivity contribution in [2.24, 2.45) is 5.92 Å². The zero-order valence-corrected chi connectivity index (χ0v) is 19.8. The number of hydrogen-bond acceptors (Lipinski definition) is 5. The van der Waals surface area contributed by atoms with E-state index in [0.717, 1.165) is 53.5 Å². The first-order valence-corrected chi connectivity index (χ1v) is 11.8. The largest absolute Gasteiger partial charge is 0.321 e. The van der Waals surface area contributed by atoms with Crippen LogP contribution in [0.5, 0.6) is 0 Å². The third-order valence-corrected chi connectivity index (χ3v) is 6.87. The van der Waals surface area contributed by atoms with E-state index in [4.69, 9.17) is 0 Å². The molecule has 0 unspecified atom stereocenters. The summed E-state index contributed by atoms with van der Waals surface area (Å²) in [7, 11) is 0. The molecule has 4 aromatic rings. The van der Waals surface area contributed by atoms with Crippen molar-refractivity contribution in [2.75, 3.05) is 13.1 Å². The zero-order chi connectivity index (χ0) is 23.8. The highest BCUT2D eigenvalue weighted by Crippen LogP contribution is 2.32. The Balaban J connectivity index is 1.64. The van der Waals surface area contributed by atoms with Crippen molar-refractivity contribution < 1.29 is 4.39 Å². The van der Waals surface area contributed by atoms with E-state index in [-0.39, 0.29) is 17.4 Å². The average molecular weight is 461 g/mol. The van der Waals surface area contributed by atoms with Gasteiger partial charge in [0.25, 0.3) is 5.56 Å². The van der Waals surface area contributed by atoms with Crippen molar-refractivity contribution in [3.8, 4) is 0 Å². The third-order valence-electron chi connectivity index (χ3n) is 6.87. The highest BCUT2D eigenvalue weighted by molar-refractivity contribution is 5.85. The number of piperidine rings is 1. The van der Waals surface area contributed by atoms with Crippen LogP contribution >= 0.6 is 0 Å². The molecule has 0 amide bonds. The van der Waals surface area contributed by atoms with Crippen molar-refractivity contribution in [1.82, 2.24) is 30.1 Å². The number of rotatable bonds is 5. The molecule has 8 heteroatoms. The van der Waals surface area contributed by atoms with Gasteiger partial charge in [0.2, 0.25) is 0 Å². The third kappa shape index (κ3) is 4.25. The Bertz CT molecular complexity index is 1380. The Morgan fingerprint density at radius 3 is 2.68 bits per heavy atom. The second-order valence-electron chi connectivity index (χ2n) is 9.51. The number of aromatic nitrogens is 5. The van der Waals surface area contributed by atoms with Gasteiger partial charge in [0, 0.05) is 17.5 Å². The molecule has 0 saturated carbocycles. The summed E-state index contributed by atoms with van der Waals surface area (Å²) >= 11 is 0. The lowest BCUT2D eigenvalue weighted by Gasteiger charge is -2.36. The van der Waals surface area contributed by atoms with Gasteiger partial charge in [-0.1, -0.05) is 31.2 Å². The fourth-order valence-electron chi connectivity index (χ4n) is 5.04. The minimum atomic E-state index is -0.383. The van der Waals surface area contributed by atoms with Crippen LogP contribution in [-0.4, -0.2) is 43.2 Å². The number of H-pyrrole nitrogens is 1. The van der Waals surface area contributed by atoms with Gasteiger partial charge in [-0.3, -0.25) is 9.69 Å². The number of halogens is 1. The smallest absolute Gasteiger partial charge is 0.253 e. The minimum Gasteiger partial charge on any atom is -0.321 e. The number of benzene rings is 2. The number of pyridine rings is 1. The molecule has 2 aromatic carbocycles. The van der Waals surface area contributed by atoms with E-state index in [1.54, 1.807) is 16.8 Å². The van der Waals surface area contributed by atoms with Gasteiger partial charge < -0.3 is 4.98 Å². The lowest BCUT2D eigenvalue weighted by Crippen LogP contribution is -2.41. The van der Waals surface area contributed by atoms with Crippen LogP contribution in [-0.2, 0) is 6.54 Å². The van der Waals surface area contributed by atoms with Gasteiger partial charge >= 0.3 is 0 Å². The molecule has 34 heavy (non-hydrogen) atoms. The van der Waals surface area contributed by atoms with Crippen molar-refractivity contribution in [3.05, 3.63) is 86.7 Å².